The molecule has 0 saturated carbocycles. The topological polar surface area (TPSA) is 0 Å². The second-order valence-electron chi connectivity index (χ2n) is 1.95. The van der Waals surface area contributed by atoms with E-state index in [1.54, 1.807) is 0 Å². The minimum atomic E-state index is -0.543. The molecule has 0 aromatic heterocycles. The van der Waals surface area contributed by atoms with Crippen LogP contribution < -0.4 is 0 Å². The van der Waals surface area contributed by atoms with Gasteiger partial charge in [-0.25, -0.2) is 0 Å². The van der Waals surface area contributed by atoms with E-state index >= 15 is 0 Å². The molecule has 0 N–H and O–H groups in total. The molecule has 0 amide bonds. The van der Waals surface area contributed by atoms with E-state index in [-0.39, 0.29) is 0 Å². The Kier molecular flexibility index (Phi) is 16.6. The molecule has 7 heavy (non-hydrogen) atoms. The van der Waals surface area contributed by atoms with Gasteiger partial charge in [-0.3, -0.25) is 0 Å². The van der Waals surface area contributed by atoms with Crippen molar-refractivity contribution >= 4 is 35.5 Å². The summed E-state index contributed by atoms with van der Waals surface area (Å²) in [4.78, 5) is 7.09. The van der Waals surface area contributed by atoms with E-state index in [2.05, 4.69) is 26.2 Å². The van der Waals surface area contributed by atoms with E-state index < -0.39 is 19.8 Å². The van der Waals surface area contributed by atoms with Crippen molar-refractivity contribution in [2.75, 3.05) is 0 Å². The van der Waals surface area contributed by atoms with Crippen LogP contribution >= 0.6 is 0 Å². The average molecular weight is 269 g/mol. The van der Waals surface area contributed by atoms with Gasteiger partial charge in [-0.2, -0.15) is 0 Å². The molecule has 0 nitrogen and oxygen atoms in total. The molecule has 0 rings (SSSR count). The fourth-order valence-electron chi connectivity index (χ4n) is 0. The van der Waals surface area contributed by atoms with Crippen LogP contribution in [-0.2, 0) is 0 Å². The van der Waals surface area contributed by atoms with Crippen molar-refractivity contribution in [3.8, 4) is 0 Å². The molecule has 0 atom stereocenters. The predicted molar refractivity (Wildman–Crippen MR) is 40.8 cm³/mol. The second kappa shape index (κ2) is 10.4. The SMILES string of the molecule is C[As]C.[CH3][Sn]([CH3])[CH3]. The first-order valence-corrected chi connectivity index (χ1v) is 14.7. The van der Waals surface area contributed by atoms with Crippen molar-refractivity contribution < 1.29 is 0 Å². The average Bonchev–Trinajstić information content (AvgIpc) is 1.33. The first-order valence-electron chi connectivity index (χ1n) is 2.39. The second-order valence-corrected chi connectivity index (χ2v) is 12.4. The molecule has 2 radical (unpaired) electrons. The van der Waals surface area contributed by atoms with E-state index in [1.807, 2.05) is 0 Å². The van der Waals surface area contributed by atoms with Crippen LogP contribution in [0, 0.1) is 0 Å². The normalized spacial score (nSPS) is 7.71. The Morgan fingerprint density at radius 1 is 1.00 bits per heavy atom. The Balaban J connectivity index is 0. The van der Waals surface area contributed by atoms with E-state index in [0.717, 1.165) is 0 Å². The van der Waals surface area contributed by atoms with Gasteiger partial charge in [-0.05, 0) is 0 Å². The van der Waals surface area contributed by atoms with Crippen LogP contribution in [0.15, 0.2) is 0 Å². The van der Waals surface area contributed by atoms with Gasteiger partial charge in [0, 0.05) is 0 Å². The van der Waals surface area contributed by atoms with Gasteiger partial charge in [0.05, 0.1) is 0 Å². The molecule has 0 aliphatic carbocycles. The molecule has 0 saturated heterocycles. The van der Waals surface area contributed by atoms with Crippen LogP contribution in [0.4, 0.5) is 0 Å². The molecule has 0 aromatic rings. The quantitative estimate of drug-likeness (QED) is 0.591. The van der Waals surface area contributed by atoms with Crippen LogP contribution in [-0.4, -0.2) is 35.5 Å². The Morgan fingerprint density at radius 3 is 1.00 bits per heavy atom. The molecule has 44 valence electrons. The van der Waals surface area contributed by atoms with Crippen molar-refractivity contribution in [3.63, 3.8) is 0 Å². The minimum absolute atomic E-state index is 0.543. The van der Waals surface area contributed by atoms with Gasteiger partial charge in [0.1, 0.15) is 0 Å². The van der Waals surface area contributed by atoms with Crippen LogP contribution in [0.5, 0.6) is 0 Å². The fourth-order valence-corrected chi connectivity index (χ4v) is 0. The summed E-state index contributed by atoms with van der Waals surface area (Å²) in [6.07, 6.45) is 0. The molecule has 0 fully saturated rings. The van der Waals surface area contributed by atoms with Gasteiger partial charge >= 0.3 is 61.8 Å². The standard InChI is InChI=1S/C2H6As.3CH3.Sn/c1-3-2;;;;/h1-2H3;3*1H3;. The molecular weight excluding hydrogens is 254 g/mol. The Bertz CT molecular complexity index is 19.3. The van der Waals surface area contributed by atoms with Crippen molar-refractivity contribution in [1.29, 1.82) is 0 Å². The van der Waals surface area contributed by atoms with Gasteiger partial charge in [0.15, 0.2) is 0 Å². The summed E-state index contributed by atoms with van der Waals surface area (Å²) >= 11 is 0.144. The number of rotatable bonds is 0. The summed E-state index contributed by atoms with van der Waals surface area (Å²) in [6, 6.07) is 0. The molecular formula is C5H15AsSn. The Labute approximate surface area is 61.5 Å². The summed E-state index contributed by atoms with van der Waals surface area (Å²) in [7, 11) is 0. The van der Waals surface area contributed by atoms with Crippen LogP contribution in [0.1, 0.15) is 0 Å². The first kappa shape index (κ1) is 11.2. The molecule has 0 bridgehead atoms. The van der Waals surface area contributed by atoms with Gasteiger partial charge in [0.25, 0.3) is 0 Å². The van der Waals surface area contributed by atoms with Crippen molar-refractivity contribution in [3.05, 3.63) is 0 Å². The summed E-state index contributed by atoms with van der Waals surface area (Å²) in [5.74, 6) is 0. The zero-order valence-electron chi connectivity index (χ0n) is 5.95. The third kappa shape index (κ3) is 115. The Hall–Kier alpha value is 1.36. The van der Waals surface area contributed by atoms with Crippen LogP contribution in [0.2, 0.25) is 26.2 Å². The molecule has 0 unspecified atom stereocenters. The predicted octanol–water partition coefficient (Wildman–Crippen LogP) is 2.16. The molecule has 0 aromatic carbocycles. The molecule has 2 heteroatoms. The molecule has 0 aliphatic rings. The van der Waals surface area contributed by atoms with Crippen molar-refractivity contribution in [1.82, 2.24) is 0 Å². The summed E-state index contributed by atoms with van der Waals surface area (Å²) in [5, 5.41) is 0. The van der Waals surface area contributed by atoms with Gasteiger partial charge < -0.3 is 0 Å². The van der Waals surface area contributed by atoms with Crippen LogP contribution in [0.3, 0.4) is 0 Å². The monoisotopic (exact) mass is 270 g/mol. The number of hydrogen-bond acceptors (Lipinski definition) is 0. The van der Waals surface area contributed by atoms with Crippen molar-refractivity contribution in [2.24, 2.45) is 0 Å². The van der Waals surface area contributed by atoms with Gasteiger partial charge in [-0.15, -0.1) is 0 Å². The summed E-state index contributed by atoms with van der Waals surface area (Å²) in [5.41, 5.74) is 4.44. The molecule has 0 aliphatic heterocycles. The third-order valence-corrected chi connectivity index (χ3v) is 0. The van der Waals surface area contributed by atoms with E-state index in [4.69, 9.17) is 0 Å². The third-order valence-electron chi connectivity index (χ3n) is 0. The van der Waals surface area contributed by atoms with Crippen molar-refractivity contribution in [2.45, 2.75) is 26.2 Å². The summed E-state index contributed by atoms with van der Waals surface area (Å²) in [6.45, 7) is 0. The van der Waals surface area contributed by atoms with Gasteiger partial charge in [0.2, 0.25) is 0 Å². The Morgan fingerprint density at radius 2 is 1.00 bits per heavy atom. The zero-order chi connectivity index (χ0) is 6.28. The van der Waals surface area contributed by atoms with E-state index in [0.29, 0.717) is 15.8 Å². The van der Waals surface area contributed by atoms with Gasteiger partial charge in [-0.1, -0.05) is 0 Å². The number of hydrogen-bond donors (Lipinski definition) is 0. The molecule has 0 spiro atoms. The van der Waals surface area contributed by atoms with E-state index in [9.17, 15) is 0 Å². The van der Waals surface area contributed by atoms with E-state index in [1.165, 1.54) is 0 Å². The maximum absolute atomic E-state index is 2.36. The summed E-state index contributed by atoms with van der Waals surface area (Å²) < 4.78 is 0. The molecule has 0 heterocycles. The first-order chi connectivity index (χ1) is 3.15. The fraction of sp³-hybridized carbons (Fsp3) is 1.00. The zero-order valence-corrected chi connectivity index (χ0v) is 10.7. The maximum atomic E-state index is 2.36. The van der Waals surface area contributed by atoms with Crippen LogP contribution in [0.25, 0.3) is 0 Å².